The summed E-state index contributed by atoms with van der Waals surface area (Å²) in [7, 11) is 0. The Labute approximate surface area is 381 Å². The van der Waals surface area contributed by atoms with Gasteiger partial charge in [-0.2, -0.15) is 0 Å². The highest BCUT2D eigenvalue weighted by molar-refractivity contribution is 6.28. The van der Waals surface area contributed by atoms with Crippen LogP contribution in [0.3, 0.4) is 0 Å². The van der Waals surface area contributed by atoms with Gasteiger partial charge in [0.1, 0.15) is 22.3 Å². The third kappa shape index (κ3) is 5.20. The van der Waals surface area contributed by atoms with E-state index in [1.807, 2.05) is 6.07 Å². The molecule has 0 unspecified atom stereocenters. The zero-order valence-corrected chi connectivity index (χ0v) is 35.8. The first-order valence-corrected chi connectivity index (χ1v) is 22.7. The molecule has 11 aromatic carbocycles. The molecule has 3 nitrogen and oxygen atoms in total. The van der Waals surface area contributed by atoms with Crippen molar-refractivity contribution in [2.24, 2.45) is 0 Å². The zero-order valence-electron chi connectivity index (χ0n) is 35.8. The van der Waals surface area contributed by atoms with E-state index >= 15 is 0 Å². The lowest BCUT2D eigenvalue weighted by Gasteiger charge is -2.35. The molecule has 0 saturated carbocycles. The predicted molar refractivity (Wildman–Crippen MR) is 273 cm³/mol. The molecule has 0 bridgehead atoms. The SMILES string of the molecule is c1ccc(N(c2ccc3c(c2)C(c2ccccc2)(c2ccccc2)c2ccccc2-3)c2cc(-c3cc4ccccc4c4ccccc34)c3oc4ccc5oc6ccccc6c5c4c3c2)cc1. The average Bonchev–Trinajstić information content (AvgIpc) is 4.05. The Morgan fingerprint density at radius 1 is 0.303 bits per heavy atom. The summed E-state index contributed by atoms with van der Waals surface area (Å²) in [5.74, 6) is 0. The minimum absolute atomic E-state index is 0.555. The van der Waals surface area contributed by atoms with E-state index in [0.717, 1.165) is 72.1 Å². The van der Waals surface area contributed by atoms with Crippen molar-refractivity contribution in [3.8, 4) is 22.3 Å². The summed E-state index contributed by atoms with van der Waals surface area (Å²) in [4.78, 5) is 2.43. The third-order valence-electron chi connectivity index (χ3n) is 14.1. The molecule has 1 aliphatic rings. The molecule has 66 heavy (non-hydrogen) atoms. The van der Waals surface area contributed by atoms with Crippen LogP contribution in [-0.4, -0.2) is 0 Å². The largest absolute Gasteiger partial charge is 0.456 e. The lowest BCUT2D eigenvalue weighted by Crippen LogP contribution is -2.28. The van der Waals surface area contributed by atoms with Crippen LogP contribution in [0.1, 0.15) is 22.3 Å². The van der Waals surface area contributed by atoms with Gasteiger partial charge in [-0.25, -0.2) is 0 Å². The van der Waals surface area contributed by atoms with Crippen molar-refractivity contribution in [2.45, 2.75) is 5.41 Å². The molecule has 13 aromatic rings. The number of nitrogens with zero attached hydrogens (tertiary/aromatic N) is 1. The minimum atomic E-state index is -0.555. The van der Waals surface area contributed by atoms with E-state index in [1.165, 1.54) is 54.9 Å². The maximum Gasteiger partial charge on any atom is 0.143 e. The molecule has 0 atom stereocenters. The summed E-state index contributed by atoms with van der Waals surface area (Å²) in [6.45, 7) is 0. The number of benzene rings is 11. The quantitative estimate of drug-likeness (QED) is 0.156. The summed E-state index contributed by atoms with van der Waals surface area (Å²) in [5, 5.41) is 9.00. The molecule has 2 aromatic heterocycles. The van der Waals surface area contributed by atoms with Crippen LogP contribution in [-0.2, 0) is 5.41 Å². The lowest BCUT2D eigenvalue weighted by molar-refractivity contribution is 0.663. The van der Waals surface area contributed by atoms with Crippen LogP contribution in [0.2, 0.25) is 0 Å². The van der Waals surface area contributed by atoms with Crippen LogP contribution >= 0.6 is 0 Å². The van der Waals surface area contributed by atoms with Crippen LogP contribution in [0, 0.1) is 0 Å². The van der Waals surface area contributed by atoms with Gasteiger partial charge in [0, 0.05) is 44.2 Å². The fourth-order valence-corrected chi connectivity index (χ4v) is 11.4. The number of anilines is 3. The molecule has 14 rings (SSSR count). The second-order valence-corrected chi connectivity index (χ2v) is 17.5. The van der Waals surface area contributed by atoms with Gasteiger partial charge in [-0.15, -0.1) is 0 Å². The van der Waals surface area contributed by atoms with Gasteiger partial charge in [0.2, 0.25) is 0 Å². The second kappa shape index (κ2) is 14.2. The van der Waals surface area contributed by atoms with E-state index in [-0.39, 0.29) is 0 Å². The van der Waals surface area contributed by atoms with Gasteiger partial charge in [0.25, 0.3) is 0 Å². The number of furan rings is 2. The van der Waals surface area contributed by atoms with E-state index in [4.69, 9.17) is 8.83 Å². The number of hydrogen-bond donors (Lipinski definition) is 0. The van der Waals surface area contributed by atoms with Gasteiger partial charge in [-0.05, 0) is 121 Å². The van der Waals surface area contributed by atoms with E-state index in [9.17, 15) is 0 Å². The van der Waals surface area contributed by atoms with Gasteiger partial charge in [0.05, 0.1) is 5.41 Å². The Bertz CT molecular complexity index is 4010. The van der Waals surface area contributed by atoms with Gasteiger partial charge < -0.3 is 13.7 Å². The van der Waals surface area contributed by atoms with E-state index in [0.29, 0.717) is 0 Å². The van der Waals surface area contributed by atoms with Crippen molar-refractivity contribution < 1.29 is 8.83 Å². The number of fused-ring (bicyclic) bond motifs is 13. The smallest absolute Gasteiger partial charge is 0.143 e. The zero-order chi connectivity index (χ0) is 43.3. The Morgan fingerprint density at radius 3 is 1.67 bits per heavy atom. The summed E-state index contributed by atoms with van der Waals surface area (Å²) in [6, 6.07) is 85.9. The van der Waals surface area contributed by atoms with Gasteiger partial charge in [-0.1, -0.05) is 176 Å². The molecule has 0 spiro atoms. The fraction of sp³-hybridized carbons (Fsp3) is 0.0159. The van der Waals surface area contributed by atoms with Crippen molar-refractivity contribution >= 4 is 82.5 Å². The van der Waals surface area contributed by atoms with E-state index in [2.05, 4.69) is 235 Å². The molecule has 0 amide bonds. The molecule has 0 saturated heterocycles. The predicted octanol–water partition coefficient (Wildman–Crippen LogP) is 17.3. The molecule has 3 heteroatoms. The second-order valence-electron chi connectivity index (χ2n) is 17.5. The highest BCUT2D eigenvalue weighted by atomic mass is 16.3. The lowest BCUT2D eigenvalue weighted by atomic mass is 9.67. The molecule has 0 fully saturated rings. The molecule has 2 heterocycles. The summed E-state index contributed by atoms with van der Waals surface area (Å²) in [5.41, 5.74) is 15.6. The molecule has 0 aliphatic heterocycles. The normalized spacial score (nSPS) is 13.0. The van der Waals surface area contributed by atoms with Crippen LogP contribution < -0.4 is 4.90 Å². The third-order valence-corrected chi connectivity index (χ3v) is 14.1. The Balaban J connectivity index is 1.11. The van der Waals surface area contributed by atoms with Crippen molar-refractivity contribution in [1.29, 1.82) is 0 Å². The topological polar surface area (TPSA) is 29.5 Å². The van der Waals surface area contributed by atoms with Crippen molar-refractivity contribution in [3.05, 3.63) is 259 Å². The first kappa shape index (κ1) is 36.8. The summed E-state index contributed by atoms with van der Waals surface area (Å²) >= 11 is 0. The van der Waals surface area contributed by atoms with Crippen molar-refractivity contribution in [1.82, 2.24) is 0 Å². The van der Waals surface area contributed by atoms with Crippen LogP contribution in [0.5, 0.6) is 0 Å². The minimum Gasteiger partial charge on any atom is -0.456 e. The monoisotopic (exact) mass is 841 g/mol. The van der Waals surface area contributed by atoms with Crippen LogP contribution in [0.4, 0.5) is 17.1 Å². The molecule has 1 aliphatic carbocycles. The number of hydrogen-bond acceptors (Lipinski definition) is 3. The Morgan fingerprint density at radius 2 is 0.894 bits per heavy atom. The van der Waals surface area contributed by atoms with Crippen molar-refractivity contribution in [3.63, 3.8) is 0 Å². The van der Waals surface area contributed by atoms with Gasteiger partial charge in [0.15, 0.2) is 0 Å². The molecule has 308 valence electrons. The van der Waals surface area contributed by atoms with E-state index in [1.54, 1.807) is 0 Å². The maximum atomic E-state index is 7.13. The Kier molecular flexibility index (Phi) is 7.90. The Hall–Kier alpha value is -8.66. The van der Waals surface area contributed by atoms with Crippen LogP contribution in [0.15, 0.2) is 245 Å². The summed E-state index contributed by atoms with van der Waals surface area (Å²) in [6.07, 6.45) is 0. The maximum absolute atomic E-state index is 7.13. The first-order chi connectivity index (χ1) is 32.7. The molecular weight excluding hydrogens is 803 g/mol. The number of rotatable bonds is 6. The fourth-order valence-electron chi connectivity index (χ4n) is 11.4. The number of para-hydroxylation sites is 2. The first-order valence-electron chi connectivity index (χ1n) is 22.7. The average molecular weight is 842 g/mol. The van der Waals surface area contributed by atoms with Gasteiger partial charge >= 0.3 is 0 Å². The molecular formula is C63H39NO2. The van der Waals surface area contributed by atoms with Crippen molar-refractivity contribution in [2.75, 3.05) is 4.90 Å². The van der Waals surface area contributed by atoms with E-state index < -0.39 is 5.41 Å². The van der Waals surface area contributed by atoms with Crippen LogP contribution in [0.25, 0.3) is 87.7 Å². The van der Waals surface area contributed by atoms with Gasteiger partial charge in [-0.3, -0.25) is 0 Å². The highest BCUT2D eigenvalue weighted by Crippen LogP contribution is 2.58. The molecule has 0 radical (unpaired) electrons. The summed E-state index contributed by atoms with van der Waals surface area (Å²) < 4.78 is 13.7. The highest BCUT2D eigenvalue weighted by Gasteiger charge is 2.46. The standard InChI is InChI=1S/C63H39NO2/c1-4-19-41(20-5-1)63(42-21-6-2-7-22-42)55-30-16-14-28-49(55)50-33-32-44(39-56(50)63)64(43-23-8-3-9-24-43)45-37-53(52-36-40-18-10-11-25-46(40)47-26-12-13-27-48(47)52)62-54(38-45)61-59(66-62)35-34-58-60(61)51-29-15-17-31-57(51)65-58/h1-39H. The molecule has 0 N–H and O–H groups in total.